The molecule has 1 amide bonds. The van der Waals surface area contributed by atoms with Crippen LogP contribution in [0.4, 0.5) is 5.69 Å². The van der Waals surface area contributed by atoms with Crippen molar-refractivity contribution in [1.29, 1.82) is 0 Å². The van der Waals surface area contributed by atoms with Crippen molar-refractivity contribution >= 4 is 11.6 Å². The molecule has 2 heterocycles. The summed E-state index contributed by atoms with van der Waals surface area (Å²) >= 11 is 0. The highest BCUT2D eigenvalue weighted by atomic mass is 16.7. The molecule has 0 saturated carbocycles. The molecule has 2 aromatic rings. The Morgan fingerprint density at radius 1 is 1.16 bits per heavy atom. The third-order valence-electron chi connectivity index (χ3n) is 5.45. The van der Waals surface area contributed by atoms with Gasteiger partial charge in [0.05, 0.1) is 0 Å². The van der Waals surface area contributed by atoms with E-state index < -0.39 is 6.29 Å². The van der Waals surface area contributed by atoms with Gasteiger partial charge in [-0.1, -0.05) is 24.3 Å². The lowest BCUT2D eigenvalue weighted by Crippen LogP contribution is -2.37. The quantitative estimate of drug-likeness (QED) is 0.669. The number of anilines is 1. The number of fused-ring (bicyclic) bond motifs is 1. The Labute approximate surface area is 181 Å². The minimum atomic E-state index is -0.603. The van der Waals surface area contributed by atoms with Crippen molar-refractivity contribution in [1.82, 2.24) is 0 Å². The van der Waals surface area contributed by atoms with Crippen LogP contribution in [0.25, 0.3) is 0 Å². The van der Waals surface area contributed by atoms with Gasteiger partial charge in [0, 0.05) is 30.7 Å². The number of carbonyl (C=O) groups is 1. The maximum Gasteiger partial charge on any atom is 0.290 e. The summed E-state index contributed by atoms with van der Waals surface area (Å²) < 4.78 is 22.9. The van der Waals surface area contributed by atoms with Gasteiger partial charge >= 0.3 is 0 Å². The second-order valence-corrected chi connectivity index (χ2v) is 7.46. The van der Waals surface area contributed by atoms with Gasteiger partial charge in [-0.2, -0.15) is 0 Å². The summed E-state index contributed by atoms with van der Waals surface area (Å²) in [5, 5.41) is 12.3. The molecule has 31 heavy (non-hydrogen) atoms. The standard InChI is InChI=1S/C24H27NO6/c1-2-28-24-18(9-6-12-26)19(16-10-11-20-21(13-16)30-15-29-20)14-22(31-24)23(27)25-17-7-4-3-5-8-17/h3-5,7-8,10-11,13-14,18-19,24,26H,2,6,9,12,15H2,1H3,(H,25,27)/t18-,19+,24+/m1/s1. The number of benzene rings is 2. The average molecular weight is 425 g/mol. The summed E-state index contributed by atoms with van der Waals surface area (Å²) in [7, 11) is 0. The van der Waals surface area contributed by atoms with Crippen molar-refractivity contribution < 1.29 is 28.8 Å². The molecule has 2 N–H and O–H groups in total. The zero-order valence-corrected chi connectivity index (χ0v) is 17.5. The molecule has 0 fully saturated rings. The number of rotatable bonds is 8. The number of nitrogens with one attached hydrogen (secondary N) is 1. The maximum atomic E-state index is 13.0. The van der Waals surface area contributed by atoms with E-state index in [1.54, 1.807) is 0 Å². The van der Waals surface area contributed by atoms with E-state index in [1.165, 1.54) is 0 Å². The van der Waals surface area contributed by atoms with Crippen LogP contribution in [0.1, 0.15) is 31.2 Å². The highest BCUT2D eigenvalue weighted by Crippen LogP contribution is 2.42. The number of aliphatic hydroxyl groups is 1. The molecule has 2 aromatic carbocycles. The lowest BCUT2D eigenvalue weighted by Gasteiger charge is -2.37. The number of para-hydroxylation sites is 1. The predicted molar refractivity (Wildman–Crippen MR) is 115 cm³/mol. The van der Waals surface area contributed by atoms with Crippen molar-refractivity contribution in [3.05, 3.63) is 65.9 Å². The van der Waals surface area contributed by atoms with Gasteiger partial charge in [0.2, 0.25) is 13.1 Å². The highest BCUT2D eigenvalue weighted by molar-refractivity contribution is 6.02. The lowest BCUT2D eigenvalue weighted by atomic mass is 9.80. The normalized spacial score (nSPS) is 21.9. The molecule has 7 heteroatoms. The van der Waals surface area contributed by atoms with Crippen LogP contribution in [0.3, 0.4) is 0 Å². The molecule has 0 bridgehead atoms. The fourth-order valence-corrected chi connectivity index (χ4v) is 3.98. The van der Waals surface area contributed by atoms with E-state index in [9.17, 15) is 9.90 Å². The molecule has 0 spiro atoms. The van der Waals surface area contributed by atoms with Crippen LogP contribution in [0.2, 0.25) is 0 Å². The summed E-state index contributed by atoms with van der Waals surface area (Å²) in [6.45, 7) is 2.61. The van der Waals surface area contributed by atoms with E-state index >= 15 is 0 Å². The van der Waals surface area contributed by atoms with Crippen LogP contribution in [0, 0.1) is 5.92 Å². The molecular weight excluding hydrogens is 398 g/mol. The number of hydrogen-bond donors (Lipinski definition) is 2. The van der Waals surface area contributed by atoms with E-state index in [2.05, 4.69) is 5.32 Å². The molecule has 3 atom stereocenters. The van der Waals surface area contributed by atoms with E-state index in [1.807, 2.05) is 61.5 Å². The summed E-state index contributed by atoms with van der Waals surface area (Å²) in [5.41, 5.74) is 1.66. The minimum absolute atomic E-state index is 0.0688. The molecule has 7 nitrogen and oxygen atoms in total. The van der Waals surface area contributed by atoms with Crippen LogP contribution in [0.15, 0.2) is 60.4 Å². The number of ether oxygens (including phenoxy) is 4. The summed E-state index contributed by atoms with van der Waals surface area (Å²) in [6, 6.07) is 15.0. The van der Waals surface area contributed by atoms with Crippen LogP contribution >= 0.6 is 0 Å². The monoisotopic (exact) mass is 425 g/mol. The van der Waals surface area contributed by atoms with Crippen molar-refractivity contribution in [3.8, 4) is 11.5 Å². The second-order valence-electron chi connectivity index (χ2n) is 7.46. The molecule has 164 valence electrons. The largest absolute Gasteiger partial charge is 0.459 e. The summed E-state index contributed by atoms with van der Waals surface area (Å²) in [5.74, 6) is 1.05. The summed E-state index contributed by atoms with van der Waals surface area (Å²) in [4.78, 5) is 13.0. The number of hydrogen-bond acceptors (Lipinski definition) is 6. The summed E-state index contributed by atoms with van der Waals surface area (Å²) in [6.07, 6.45) is 2.53. The van der Waals surface area contributed by atoms with E-state index in [0.29, 0.717) is 36.6 Å². The lowest BCUT2D eigenvalue weighted by molar-refractivity contribution is -0.165. The molecule has 0 unspecified atom stereocenters. The maximum absolute atomic E-state index is 13.0. The first-order valence-corrected chi connectivity index (χ1v) is 10.6. The Bertz CT molecular complexity index is 929. The van der Waals surface area contributed by atoms with Gasteiger partial charge in [0.15, 0.2) is 17.3 Å². The third kappa shape index (κ3) is 4.84. The third-order valence-corrected chi connectivity index (χ3v) is 5.45. The van der Waals surface area contributed by atoms with Crippen molar-refractivity contribution in [2.75, 3.05) is 25.3 Å². The molecule has 0 aromatic heterocycles. The Hall–Kier alpha value is -3.03. The van der Waals surface area contributed by atoms with Crippen LogP contribution < -0.4 is 14.8 Å². The first-order valence-electron chi connectivity index (χ1n) is 10.6. The molecular formula is C24H27NO6. The topological polar surface area (TPSA) is 86.3 Å². The first-order chi connectivity index (χ1) is 15.2. The van der Waals surface area contributed by atoms with E-state index in [0.717, 1.165) is 5.56 Å². The molecule has 2 aliphatic heterocycles. The second kappa shape index (κ2) is 9.85. The Morgan fingerprint density at radius 3 is 2.74 bits per heavy atom. The minimum Gasteiger partial charge on any atom is -0.459 e. The number of amides is 1. The van der Waals surface area contributed by atoms with Crippen molar-refractivity contribution in [2.24, 2.45) is 5.92 Å². The van der Waals surface area contributed by atoms with E-state index in [4.69, 9.17) is 18.9 Å². The van der Waals surface area contributed by atoms with Gasteiger partial charge in [0.1, 0.15) is 0 Å². The smallest absolute Gasteiger partial charge is 0.290 e. The molecule has 2 aliphatic rings. The van der Waals surface area contributed by atoms with Gasteiger partial charge in [0.25, 0.3) is 5.91 Å². The molecule has 0 radical (unpaired) electrons. The molecule has 0 saturated heterocycles. The van der Waals surface area contributed by atoms with Crippen molar-refractivity contribution in [2.45, 2.75) is 32.0 Å². The Kier molecular flexibility index (Phi) is 6.74. The number of allylic oxidation sites excluding steroid dienone is 1. The molecule has 0 aliphatic carbocycles. The number of carbonyl (C=O) groups excluding carboxylic acids is 1. The van der Waals surface area contributed by atoms with Gasteiger partial charge in [-0.15, -0.1) is 0 Å². The highest BCUT2D eigenvalue weighted by Gasteiger charge is 2.38. The predicted octanol–water partition coefficient (Wildman–Crippen LogP) is 3.80. The average Bonchev–Trinajstić information content (AvgIpc) is 3.26. The number of aliphatic hydroxyl groups excluding tert-OH is 1. The molecule has 4 rings (SSSR count). The Morgan fingerprint density at radius 2 is 1.97 bits per heavy atom. The van der Waals surface area contributed by atoms with Gasteiger partial charge in [-0.3, -0.25) is 4.79 Å². The first kappa shape index (κ1) is 21.2. The van der Waals surface area contributed by atoms with Gasteiger partial charge in [-0.25, -0.2) is 0 Å². The SMILES string of the molecule is CCO[C@H]1OC(C(=O)Nc2ccccc2)=C[C@@H](c2ccc3c(c2)OCO3)[C@H]1CCCO. The fourth-order valence-electron chi connectivity index (χ4n) is 3.98. The Balaban J connectivity index is 1.67. The van der Waals surface area contributed by atoms with Crippen LogP contribution in [-0.4, -0.2) is 37.3 Å². The van der Waals surface area contributed by atoms with E-state index in [-0.39, 0.29) is 36.9 Å². The zero-order chi connectivity index (χ0) is 21.6. The van der Waals surface area contributed by atoms with Crippen molar-refractivity contribution in [3.63, 3.8) is 0 Å². The van der Waals surface area contributed by atoms with Gasteiger partial charge in [-0.05, 0) is 55.7 Å². The van der Waals surface area contributed by atoms with Crippen LogP contribution in [0.5, 0.6) is 11.5 Å². The van der Waals surface area contributed by atoms with Gasteiger partial charge < -0.3 is 29.4 Å². The van der Waals surface area contributed by atoms with Crippen LogP contribution in [-0.2, 0) is 14.3 Å². The zero-order valence-electron chi connectivity index (χ0n) is 17.5. The fraction of sp³-hybridized carbons (Fsp3) is 0.375.